The van der Waals surface area contributed by atoms with Gasteiger partial charge in [-0.25, -0.2) is 0 Å². The van der Waals surface area contributed by atoms with Crippen molar-refractivity contribution in [1.29, 1.82) is 0 Å². The molecular weight excluding hydrogens is 362 g/mol. The van der Waals surface area contributed by atoms with Gasteiger partial charge in [-0.1, -0.05) is 55.8 Å². The summed E-state index contributed by atoms with van der Waals surface area (Å²) in [6.45, 7) is 3.16. The molecule has 0 unspecified atom stereocenters. The Kier molecular flexibility index (Phi) is 10.2. The van der Waals surface area contributed by atoms with Gasteiger partial charge in [0.05, 0.1) is 6.04 Å². The van der Waals surface area contributed by atoms with E-state index in [4.69, 9.17) is 5.73 Å². The van der Waals surface area contributed by atoms with Crippen molar-refractivity contribution in [2.24, 2.45) is 5.73 Å². The molecule has 1 atom stereocenters. The van der Waals surface area contributed by atoms with Gasteiger partial charge in [0.15, 0.2) is 0 Å². The molecule has 4 N–H and O–H groups in total. The Bertz CT molecular complexity index is 705. The van der Waals surface area contributed by atoms with Crippen molar-refractivity contribution < 1.29 is 9.59 Å². The van der Waals surface area contributed by atoms with E-state index in [9.17, 15) is 9.59 Å². The summed E-state index contributed by atoms with van der Waals surface area (Å²) in [5.41, 5.74) is 8.55. The first-order valence-electron chi connectivity index (χ1n) is 9.04. The van der Waals surface area contributed by atoms with Crippen molar-refractivity contribution in [2.45, 2.75) is 38.8 Å². The molecule has 27 heavy (non-hydrogen) atoms. The van der Waals surface area contributed by atoms with Crippen LogP contribution in [0.4, 0.5) is 0 Å². The molecule has 0 radical (unpaired) electrons. The minimum atomic E-state index is -0.582. The third-order valence-electron chi connectivity index (χ3n) is 4.13. The quantitative estimate of drug-likeness (QED) is 0.576. The Balaban J connectivity index is 0.00000364. The number of nitrogens with one attached hydrogen (secondary N) is 2. The number of hydrogen-bond donors (Lipinski definition) is 3. The van der Waals surface area contributed by atoms with E-state index in [0.717, 1.165) is 24.0 Å². The molecule has 0 aliphatic heterocycles. The molecule has 2 rings (SSSR count). The Hall–Kier alpha value is -2.37. The fraction of sp³-hybridized carbons (Fsp3) is 0.333. The van der Waals surface area contributed by atoms with Gasteiger partial charge in [-0.2, -0.15) is 0 Å². The maximum atomic E-state index is 12.1. The fourth-order valence-electron chi connectivity index (χ4n) is 2.54. The largest absolute Gasteiger partial charge is 0.352 e. The summed E-state index contributed by atoms with van der Waals surface area (Å²) < 4.78 is 0. The molecule has 5 nitrogen and oxygen atoms in total. The topological polar surface area (TPSA) is 84.2 Å². The van der Waals surface area contributed by atoms with Gasteiger partial charge in [-0.05, 0) is 36.1 Å². The molecule has 0 aliphatic rings. The predicted octanol–water partition coefficient (Wildman–Crippen LogP) is 2.82. The molecule has 0 aliphatic carbocycles. The van der Waals surface area contributed by atoms with E-state index >= 15 is 0 Å². The smallest absolute Gasteiger partial charge is 0.251 e. The summed E-state index contributed by atoms with van der Waals surface area (Å²) in [5.74, 6) is -0.255. The van der Waals surface area contributed by atoms with Crippen LogP contribution in [0.15, 0.2) is 54.6 Å². The molecule has 0 aromatic heterocycles. The van der Waals surface area contributed by atoms with Crippen LogP contribution in [-0.2, 0) is 17.8 Å². The number of carbonyl (C=O) groups excluding carboxylic acids is 2. The summed E-state index contributed by atoms with van der Waals surface area (Å²) in [7, 11) is 0. The first-order valence-corrected chi connectivity index (χ1v) is 9.04. The number of carbonyl (C=O) groups is 2. The molecule has 146 valence electrons. The van der Waals surface area contributed by atoms with Crippen LogP contribution in [0.3, 0.4) is 0 Å². The van der Waals surface area contributed by atoms with Gasteiger partial charge in [0, 0.05) is 18.7 Å². The van der Waals surface area contributed by atoms with Crippen molar-refractivity contribution in [3.63, 3.8) is 0 Å². The first-order chi connectivity index (χ1) is 12.6. The van der Waals surface area contributed by atoms with Crippen LogP contribution in [0.25, 0.3) is 0 Å². The van der Waals surface area contributed by atoms with Crippen molar-refractivity contribution in [2.75, 3.05) is 6.54 Å². The van der Waals surface area contributed by atoms with Gasteiger partial charge in [0.2, 0.25) is 5.91 Å². The maximum Gasteiger partial charge on any atom is 0.251 e. The highest BCUT2D eigenvalue weighted by molar-refractivity contribution is 5.94. The highest BCUT2D eigenvalue weighted by Crippen LogP contribution is 2.06. The second-order valence-electron chi connectivity index (χ2n) is 6.32. The molecule has 0 saturated carbocycles. The molecule has 0 heterocycles. The zero-order valence-electron chi connectivity index (χ0n) is 15.6. The molecule has 2 aromatic rings. The molecule has 0 spiro atoms. The van der Waals surface area contributed by atoms with E-state index in [-0.39, 0.29) is 24.2 Å². The Morgan fingerprint density at radius 1 is 0.963 bits per heavy atom. The molecule has 0 fully saturated rings. The Labute approximate surface area is 167 Å². The van der Waals surface area contributed by atoms with Crippen molar-refractivity contribution >= 4 is 24.2 Å². The third kappa shape index (κ3) is 7.81. The third-order valence-corrected chi connectivity index (χ3v) is 4.13. The van der Waals surface area contributed by atoms with E-state index < -0.39 is 6.04 Å². The lowest BCUT2D eigenvalue weighted by atomic mass is 10.1. The van der Waals surface area contributed by atoms with Crippen molar-refractivity contribution in [1.82, 2.24) is 10.6 Å². The number of nitrogens with two attached hydrogens (primary N) is 1. The van der Waals surface area contributed by atoms with Crippen LogP contribution >= 0.6 is 12.4 Å². The summed E-state index contributed by atoms with van der Waals surface area (Å²) in [6.07, 6.45) is 2.52. The van der Waals surface area contributed by atoms with Crippen molar-refractivity contribution in [3.8, 4) is 0 Å². The molecule has 2 aromatic carbocycles. The van der Waals surface area contributed by atoms with Crippen LogP contribution in [0.2, 0.25) is 0 Å². The van der Waals surface area contributed by atoms with Gasteiger partial charge < -0.3 is 16.4 Å². The Morgan fingerprint density at radius 3 is 2.26 bits per heavy atom. The number of amides is 2. The summed E-state index contributed by atoms with van der Waals surface area (Å²) >= 11 is 0. The summed E-state index contributed by atoms with van der Waals surface area (Å²) in [4.78, 5) is 24.1. The molecule has 0 saturated heterocycles. The van der Waals surface area contributed by atoms with Gasteiger partial charge in [-0.3, -0.25) is 9.59 Å². The monoisotopic (exact) mass is 389 g/mol. The molecular formula is C21H28ClN3O2. The van der Waals surface area contributed by atoms with E-state index in [1.807, 2.05) is 42.5 Å². The summed E-state index contributed by atoms with van der Waals surface area (Å²) in [6, 6.07) is 16.4. The summed E-state index contributed by atoms with van der Waals surface area (Å²) in [5, 5.41) is 5.73. The van der Waals surface area contributed by atoms with E-state index in [0.29, 0.717) is 25.1 Å². The van der Waals surface area contributed by atoms with Crippen LogP contribution in [0.5, 0.6) is 0 Å². The van der Waals surface area contributed by atoms with Crippen LogP contribution in [0.1, 0.15) is 41.3 Å². The highest BCUT2D eigenvalue weighted by atomic mass is 35.5. The maximum absolute atomic E-state index is 12.1. The number of benzene rings is 2. The second kappa shape index (κ2) is 12.1. The molecule has 2 amide bonds. The minimum absolute atomic E-state index is 0. The lowest BCUT2D eigenvalue weighted by Crippen LogP contribution is -2.41. The molecule has 0 bridgehead atoms. The minimum Gasteiger partial charge on any atom is -0.352 e. The van der Waals surface area contributed by atoms with Gasteiger partial charge >= 0.3 is 0 Å². The van der Waals surface area contributed by atoms with Gasteiger partial charge in [0.1, 0.15) is 0 Å². The number of rotatable bonds is 9. The Morgan fingerprint density at radius 2 is 1.63 bits per heavy atom. The zero-order valence-corrected chi connectivity index (χ0v) is 16.4. The molecule has 6 heteroatoms. The van der Waals surface area contributed by atoms with Crippen LogP contribution < -0.4 is 16.4 Å². The van der Waals surface area contributed by atoms with Crippen LogP contribution in [0, 0.1) is 0 Å². The van der Waals surface area contributed by atoms with Gasteiger partial charge in [0.25, 0.3) is 5.91 Å². The standard InChI is InChI=1S/C21H27N3O2.ClH/c1-2-3-13-23-20(25)18-11-9-17(10-12-18)15-24-21(26)19(22)14-16-7-5-4-6-8-16;/h4-12,19H,2-3,13-15,22H2,1H3,(H,23,25)(H,24,26);1H/t19-;/m0./s1. The first kappa shape index (κ1) is 22.7. The second-order valence-corrected chi connectivity index (χ2v) is 6.32. The average Bonchev–Trinajstić information content (AvgIpc) is 2.67. The van der Waals surface area contributed by atoms with Crippen molar-refractivity contribution in [3.05, 3.63) is 71.3 Å². The van der Waals surface area contributed by atoms with Crippen LogP contribution in [-0.4, -0.2) is 24.4 Å². The van der Waals surface area contributed by atoms with E-state index in [1.54, 1.807) is 12.1 Å². The zero-order chi connectivity index (χ0) is 18.8. The fourth-order valence-corrected chi connectivity index (χ4v) is 2.54. The number of unbranched alkanes of at least 4 members (excludes halogenated alkanes) is 1. The predicted molar refractivity (Wildman–Crippen MR) is 111 cm³/mol. The highest BCUT2D eigenvalue weighted by Gasteiger charge is 2.13. The normalized spacial score (nSPS) is 11.2. The number of halogens is 1. The lowest BCUT2D eigenvalue weighted by molar-refractivity contribution is -0.122. The van der Waals surface area contributed by atoms with Gasteiger partial charge in [-0.15, -0.1) is 12.4 Å². The van der Waals surface area contributed by atoms with E-state index in [1.165, 1.54) is 0 Å². The van der Waals surface area contributed by atoms with E-state index in [2.05, 4.69) is 17.6 Å². The SMILES string of the molecule is CCCCNC(=O)c1ccc(CNC(=O)[C@@H](N)Cc2ccccc2)cc1.Cl. The average molecular weight is 390 g/mol. The number of hydrogen-bond acceptors (Lipinski definition) is 3. The lowest BCUT2D eigenvalue weighted by Gasteiger charge is -2.12.